The minimum absolute atomic E-state index is 0.0775. The second-order valence-corrected chi connectivity index (χ2v) is 6.31. The van der Waals surface area contributed by atoms with Gasteiger partial charge in [-0.05, 0) is 12.5 Å². The van der Waals surface area contributed by atoms with E-state index in [0.29, 0.717) is 19.0 Å². The van der Waals surface area contributed by atoms with Crippen LogP contribution in [0.15, 0.2) is 12.2 Å². The lowest BCUT2D eigenvalue weighted by Gasteiger charge is -2.33. The highest BCUT2D eigenvalue weighted by molar-refractivity contribution is 7.91. The molecule has 0 bridgehead atoms. The van der Waals surface area contributed by atoms with Gasteiger partial charge in [0.1, 0.15) is 0 Å². The van der Waals surface area contributed by atoms with Crippen molar-refractivity contribution in [2.75, 3.05) is 30.5 Å². The summed E-state index contributed by atoms with van der Waals surface area (Å²) >= 11 is 5.63. The summed E-state index contributed by atoms with van der Waals surface area (Å²) in [5.41, 5.74) is 0.942. The Labute approximate surface area is 90.7 Å². The van der Waals surface area contributed by atoms with E-state index in [4.69, 9.17) is 11.6 Å². The van der Waals surface area contributed by atoms with Gasteiger partial charge in [-0.15, -0.1) is 11.6 Å². The van der Waals surface area contributed by atoms with Crippen LogP contribution in [-0.2, 0) is 9.84 Å². The first-order valence-corrected chi connectivity index (χ1v) is 6.97. The Morgan fingerprint density at radius 2 is 2.29 bits per heavy atom. The maximum absolute atomic E-state index is 11.3. The summed E-state index contributed by atoms with van der Waals surface area (Å²) in [5, 5.41) is 0. The molecule has 1 aliphatic heterocycles. The van der Waals surface area contributed by atoms with Gasteiger partial charge in [0.2, 0.25) is 0 Å². The van der Waals surface area contributed by atoms with Gasteiger partial charge in [0, 0.05) is 25.0 Å². The second-order valence-electron chi connectivity index (χ2n) is 3.82. The molecule has 1 saturated heterocycles. The Hall–Kier alpha value is -0.0600. The Morgan fingerprint density at radius 3 is 2.79 bits per heavy atom. The van der Waals surface area contributed by atoms with E-state index >= 15 is 0 Å². The number of hydrogen-bond donors (Lipinski definition) is 0. The molecule has 0 aliphatic carbocycles. The molecule has 0 radical (unpaired) electrons. The van der Waals surface area contributed by atoms with Gasteiger partial charge in [-0.25, -0.2) is 8.42 Å². The SMILES string of the molecule is C=C(CCl)CN1CCS(=O)(=O)CC1C. The van der Waals surface area contributed by atoms with Gasteiger partial charge >= 0.3 is 0 Å². The molecule has 1 unspecified atom stereocenters. The monoisotopic (exact) mass is 237 g/mol. The first kappa shape index (κ1) is 12.0. The second kappa shape index (κ2) is 4.64. The molecule has 5 heteroatoms. The molecular formula is C9H16ClNO2S. The number of alkyl halides is 1. The lowest BCUT2D eigenvalue weighted by atomic mass is 10.2. The summed E-state index contributed by atoms with van der Waals surface area (Å²) in [4.78, 5) is 2.12. The predicted octanol–water partition coefficient (Wildman–Crippen LogP) is 0.900. The molecule has 1 heterocycles. The molecular weight excluding hydrogens is 222 g/mol. The van der Waals surface area contributed by atoms with Crippen molar-refractivity contribution in [3.8, 4) is 0 Å². The molecule has 1 fully saturated rings. The minimum Gasteiger partial charge on any atom is -0.295 e. The fourth-order valence-electron chi connectivity index (χ4n) is 1.60. The zero-order chi connectivity index (χ0) is 10.8. The first-order valence-electron chi connectivity index (χ1n) is 4.61. The Bertz CT molecular complexity index is 313. The van der Waals surface area contributed by atoms with Crippen LogP contribution in [0.1, 0.15) is 6.92 Å². The first-order chi connectivity index (χ1) is 6.44. The lowest BCUT2D eigenvalue weighted by molar-refractivity contribution is 0.246. The maximum atomic E-state index is 11.3. The van der Waals surface area contributed by atoms with Gasteiger partial charge in [-0.2, -0.15) is 0 Å². The maximum Gasteiger partial charge on any atom is 0.153 e. The quantitative estimate of drug-likeness (QED) is 0.541. The van der Waals surface area contributed by atoms with Crippen molar-refractivity contribution in [1.29, 1.82) is 0 Å². The van der Waals surface area contributed by atoms with Crippen LogP contribution in [0.2, 0.25) is 0 Å². The van der Waals surface area contributed by atoms with Crippen LogP contribution < -0.4 is 0 Å². The third-order valence-corrected chi connectivity index (χ3v) is 4.60. The minimum atomic E-state index is -2.81. The summed E-state index contributed by atoms with van der Waals surface area (Å²) in [6, 6.07) is 0.0775. The highest BCUT2D eigenvalue weighted by Gasteiger charge is 2.27. The smallest absolute Gasteiger partial charge is 0.153 e. The van der Waals surface area contributed by atoms with E-state index in [1.807, 2.05) is 6.92 Å². The molecule has 0 aromatic carbocycles. The van der Waals surface area contributed by atoms with Crippen molar-refractivity contribution in [2.45, 2.75) is 13.0 Å². The average molecular weight is 238 g/mol. The molecule has 0 spiro atoms. The summed E-state index contributed by atoms with van der Waals surface area (Å²) in [6.45, 7) is 7.05. The number of sulfone groups is 1. The zero-order valence-electron chi connectivity index (χ0n) is 8.37. The van der Waals surface area contributed by atoms with Crippen LogP contribution in [0.4, 0.5) is 0 Å². The van der Waals surface area contributed by atoms with Crippen LogP contribution in [0.25, 0.3) is 0 Å². The van der Waals surface area contributed by atoms with Crippen LogP contribution in [0.3, 0.4) is 0 Å². The van der Waals surface area contributed by atoms with Gasteiger partial charge in [-0.3, -0.25) is 4.90 Å². The number of rotatable bonds is 3. The summed E-state index contributed by atoms with van der Waals surface area (Å²) in [6.07, 6.45) is 0. The lowest BCUT2D eigenvalue weighted by Crippen LogP contribution is -2.47. The van der Waals surface area contributed by atoms with Crippen molar-refractivity contribution < 1.29 is 8.42 Å². The molecule has 3 nitrogen and oxygen atoms in total. The van der Waals surface area contributed by atoms with Gasteiger partial charge in [-0.1, -0.05) is 6.58 Å². The van der Waals surface area contributed by atoms with E-state index in [-0.39, 0.29) is 17.5 Å². The molecule has 0 amide bonds. The predicted molar refractivity (Wildman–Crippen MR) is 59.5 cm³/mol. The van der Waals surface area contributed by atoms with E-state index in [9.17, 15) is 8.42 Å². The highest BCUT2D eigenvalue weighted by Crippen LogP contribution is 2.13. The fourth-order valence-corrected chi connectivity index (χ4v) is 3.31. The zero-order valence-corrected chi connectivity index (χ0v) is 9.94. The van der Waals surface area contributed by atoms with Crippen molar-refractivity contribution in [3.05, 3.63) is 12.2 Å². The molecule has 14 heavy (non-hydrogen) atoms. The molecule has 1 rings (SSSR count). The Morgan fingerprint density at radius 1 is 1.64 bits per heavy atom. The summed E-state index contributed by atoms with van der Waals surface area (Å²) in [7, 11) is -2.81. The molecule has 0 saturated carbocycles. The van der Waals surface area contributed by atoms with Crippen molar-refractivity contribution in [3.63, 3.8) is 0 Å². The summed E-state index contributed by atoms with van der Waals surface area (Å²) < 4.78 is 22.6. The Kier molecular flexibility index (Phi) is 3.98. The van der Waals surface area contributed by atoms with Crippen molar-refractivity contribution in [2.24, 2.45) is 0 Å². The molecule has 0 N–H and O–H groups in total. The highest BCUT2D eigenvalue weighted by atomic mass is 35.5. The van der Waals surface area contributed by atoms with Gasteiger partial charge in [0.05, 0.1) is 11.5 Å². The van der Waals surface area contributed by atoms with Crippen LogP contribution in [-0.4, -0.2) is 49.8 Å². The number of halogens is 1. The van der Waals surface area contributed by atoms with Crippen molar-refractivity contribution in [1.82, 2.24) is 4.90 Å². The summed E-state index contributed by atoms with van der Waals surface area (Å²) in [5.74, 6) is 0.950. The molecule has 0 aromatic rings. The van der Waals surface area contributed by atoms with E-state index in [2.05, 4.69) is 11.5 Å². The molecule has 1 aliphatic rings. The normalized spacial score (nSPS) is 27.4. The van der Waals surface area contributed by atoms with E-state index in [1.54, 1.807) is 0 Å². The number of nitrogens with zero attached hydrogens (tertiary/aromatic N) is 1. The largest absolute Gasteiger partial charge is 0.295 e. The third kappa shape index (κ3) is 3.26. The molecule has 1 atom stereocenters. The molecule has 0 aromatic heterocycles. The fraction of sp³-hybridized carbons (Fsp3) is 0.778. The standard InChI is InChI=1S/C9H16ClNO2S/c1-8(5-10)6-11-3-4-14(12,13)7-9(11)2/h9H,1,3-7H2,2H3. The van der Waals surface area contributed by atoms with Gasteiger partial charge in [0.25, 0.3) is 0 Å². The average Bonchev–Trinajstić information content (AvgIpc) is 2.09. The van der Waals surface area contributed by atoms with Crippen LogP contribution in [0.5, 0.6) is 0 Å². The van der Waals surface area contributed by atoms with Crippen molar-refractivity contribution >= 4 is 21.4 Å². The van der Waals surface area contributed by atoms with E-state index < -0.39 is 9.84 Å². The topological polar surface area (TPSA) is 37.4 Å². The van der Waals surface area contributed by atoms with Gasteiger partial charge in [0.15, 0.2) is 9.84 Å². The van der Waals surface area contributed by atoms with Gasteiger partial charge < -0.3 is 0 Å². The van der Waals surface area contributed by atoms with Crippen LogP contribution >= 0.6 is 11.6 Å². The van der Waals surface area contributed by atoms with E-state index in [0.717, 1.165) is 5.57 Å². The van der Waals surface area contributed by atoms with E-state index in [1.165, 1.54) is 0 Å². The Balaban J connectivity index is 2.54. The van der Waals surface area contributed by atoms with Crippen LogP contribution in [0, 0.1) is 0 Å². The molecule has 82 valence electrons. The number of hydrogen-bond acceptors (Lipinski definition) is 3. The third-order valence-electron chi connectivity index (χ3n) is 2.42.